The maximum atomic E-state index is 14.0. The van der Waals surface area contributed by atoms with E-state index in [9.17, 15) is 9.18 Å². The van der Waals surface area contributed by atoms with Crippen molar-refractivity contribution in [2.75, 3.05) is 7.11 Å². The third-order valence-electron chi connectivity index (χ3n) is 2.54. The molecule has 0 amide bonds. The Bertz CT molecular complexity index is 692. The van der Waals surface area contributed by atoms with E-state index in [-0.39, 0.29) is 26.3 Å². The molecule has 0 aliphatic carbocycles. The summed E-state index contributed by atoms with van der Waals surface area (Å²) in [5.74, 6) is -1.58. The molecule has 104 valence electrons. The molecular formula is C13H7Cl3FNO2. The van der Waals surface area contributed by atoms with Crippen LogP contribution < -0.4 is 0 Å². The highest BCUT2D eigenvalue weighted by Gasteiger charge is 2.16. The molecule has 3 nitrogen and oxygen atoms in total. The van der Waals surface area contributed by atoms with Gasteiger partial charge in [-0.1, -0.05) is 34.8 Å². The minimum Gasteiger partial charge on any atom is -0.464 e. The lowest BCUT2D eigenvalue weighted by atomic mass is 10.1. The lowest BCUT2D eigenvalue weighted by Gasteiger charge is -2.08. The molecule has 1 aromatic heterocycles. The quantitative estimate of drug-likeness (QED) is 0.456. The molecule has 0 N–H and O–H groups in total. The van der Waals surface area contributed by atoms with E-state index < -0.39 is 11.9 Å². The number of esters is 1. The Labute approximate surface area is 129 Å². The Balaban J connectivity index is 2.54. The molecule has 20 heavy (non-hydrogen) atoms. The number of hydrogen-bond acceptors (Lipinski definition) is 3. The van der Waals surface area contributed by atoms with Crippen LogP contribution in [0.15, 0.2) is 24.3 Å². The number of carbonyl (C=O) groups excluding carboxylic acids is 1. The summed E-state index contributed by atoms with van der Waals surface area (Å²) < 4.78 is 18.5. The first-order valence-corrected chi connectivity index (χ1v) is 6.47. The molecule has 2 aromatic rings. The van der Waals surface area contributed by atoms with Crippen molar-refractivity contribution in [2.24, 2.45) is 0 Å². The topological polar surface area (TPSA) is 39.2 Å². The molecule has 2 rings (SSSR count). The van der Waals surface area contributed by atoms with Crippen LogP contribution in [0.1, 0.15) is 10.5 Å². The van der Waals surface area contributed by atoms with E-state index in [0.29, 0.717) is 5.56 Å². The van der Waals surface area contributed by atoms with Crippen LogP contribution in [0.4, 0.5) is 4.39 Å². The van der Waals surface area contributed by atoms with Crippen LogP contribution >= 0.6 is 34.8 Å². The Morgan fingerprint density at radius 1 is 1.10 bits per heavy atom. The van der Waals surface area contributed by atoms with Gasteiger partial charge in [0.15, 0.2) is 5.69 Å². The predicted octanol–water partition coefficient (Wildman–Crippen LogP) is 4.63. The number of aromatic nitrogens is 1. The van der Waals surface area contributed by atoms with Gasteiger partial charge in [0.25, 0.3) is 0 Å². The average Bonchev–Trinajstić information content (AvgIpc) is 2.42. The van der Waals surface area contributed by atoms with Crippen LogP contribution in [0.3, 0.4) is 0 Å². The first-order valence-electron chi connectivity index (χ1n) is 5.34. The van der Waals surface area contributed by atoms with Crippen molar-refractivity contribution in [2.45, 2.75) is 0 Å². The summed E-state index contributed by atoms with van der Waals surface area (Å²) in [6.07, 6.45) is 0. The molecule has 0 fully saturated rings. The van der Waals surface area contributed by atoms with Crippen molar-refractivity contribution >= 4 is 40.8 Å². The molecule has 7 heteroatoms. The van der Waals surface area contributed by atoms with Gasteiger partial charge < -0.3 is 4.74 Å². The van der Waals surface area contributed by atoms with E-state index in [4.69, 9.17) is 34.8 Å². The molecule has 1 aromatic carbocycles. The number of benzene rings is 1. The molecule has 0 radical (unpaired) electrons. The highest BCUT2D eigenvalue weighted by atomic mass is 35.5. The smallest absolute Gasteiger partial charge is 0.356 e. The third kappa shape index (κ3) is 2.87. The van der Waals surface area contributed by atoms with Gasteiger partial charge in [-0.15, -0.1) is 0 Å². The molecule has 1 heterocycles. The molecule has 0 saturated carbocycles. The van der Waals surface area contributed by atoms with Crippen molar-refractivity contribution in [3.8, 4) is 11.1 Å². The van der Waals surface area contributed by atoms with Crippen LogP contribution in [0, 0.1) is 5.95 Å². The molecule has 0 saturated heterocycles. The van der Waals surface area contributed by atoms with E-state index in [1.54, 1.807) is 0 Å². The van der Waals surface area contributed by atoms with Crippen molar-refractivity contribution in [1.29, 1.82) is 0 Å². The summed E-state index contributed by atoms with van der Waals surface area (Å²) in [4.78, 5) is 14.8. The number of hydrogen-bond donors (Lipinski definition) is 0. The average molecular weight is 335 g/mol. The first kappa shape index (κ1) is 15.0. The summed E-state index contributed by atoms with van der Waals surface area (Å²) in [7, 11) is 1.19. The zero-order valence-corrected chi connectivity index (χ0v) is 12.4. The van der Waals surface area contributed by atoms with Crippen LogP contribution in [0.5, 0.6) is 0 Å². The molecule has 0 aliphatic heterocycles. The van der Waals surface area contributed by atoms with Crippen LogP contribution in [0.2, 0.25) is 15.1 Å². The highest BCUT2D eigenvalue weighted by Crippen LogP contribution is 2.36. The molecule has 0 spiro atoms. The standard InChI is InChI=1S/C13H7Cl3FNO2/c1-20-13(19)11-3-2-6(12(17)18-11)7-4-9(15)10(16)5-8(7)14/h2-5H,1H3. The second kappa shape index (κ2) is 5.95. The van der Waals surface area contributed by atoms with Gasteiger partial charge in [0.1, 0.15) is 0 Å². The van der Waals surface area contributed by atoms with Crippen molar-refractivity contribution < 1.29 is 13.9 Å². The van der Waals surface area contributed by atoms with Gasteiger partial charge in [0.05, 0.1) is 22.2 Å². The summed E-state index contributed by atoms with van der Waals surface area (Å²) in [6, 6.07) is 5.56. The number of ether oxygens (including phenoxy) is 1. The number of methoxy groups -OCH3 is 1. The molecular weight excluding hydrogens is 328 g/mol. The maximum Gasteiger partial charge on any atom is 0.356 e. The fourth-order valence-electron chi connectivity index (χ4n) is 1.58. The second-order valence-electron chi connectivity index (χ2n) is 3.77. The van der Waals surface area contributed by atoms with Crippen molar-refractivity contribution in [3.05, 3.63) is 51.0 Å². The van der Waals surface area contributed by atoms with Crippen molar-refractivity contribution in [3.63, 3.8) is 0 Å². The summed E-state index contributed by atoms with van der Waals surface area (Å²) in [5, 5.41) is 0.730. The zero-order chi connectivity index (χ0) is 14.9. The maximum absolute atomic E-state index is 14.0. The molecule has 0 atom stereocenters. The van der Waals surface area contributed by atoms with Crippen LogP contribution in [-0.2, 0) is 4.74 Å². The largest absolute Gasteiger partial charge is 0.464 e. The summed E-state index contributed by atoms with van der Waals surface area (Å²) in [5.41, 5.74) is 0.314. The number of rotatable bonds is 2. The van der Waals surface area contributed by atoms with Gasteiger partial charge in [-0.25, -0.2) is 9.78 Å². The minimum atomic E-state index is -0.854. The third-order valence-corrected chi connectivity index (χ3v) is 3.58. The second-order valence-corrected chi connectivity index (χ2v) is 4.99. The Kier molecular flexibility index (Phi) is 4.48. The van der Waals surface area contributed by atoms with Gasteiger partial charge in [-0.3, -0.25) is 0 Å². The van der Waals surface area contributed by atoms with E-state index in [1.165, 1.54) is 31.4 Å². The van der Waals surface area contributed by atoms with Gasteiger partial charge in [-0.2, -0.15) is 4.39 Å². The lowest BCUT2D eigenvalue weighted by molar-refractivity contribution is 0.0592. The van der Waals surface area contributed by atoms with Crippen LogP contribution in [-0.4, -0.2) is 18.1 Å². The van der Waals surface area contributed by atoms with E-state index in [1.807, 2.05) is 0 Å². The highest BCUT2D eigenvalue weighted by molar-refractivity contribution is 6.44. The van der Waals surface area contributed by atoms with E-state index in [2.05, 4.69) is 9.72 Å². The minimum absolute atomic E-state index is 0.112. The number of pyridine rings is 1. The van der Waals surface area contributed by atoms with Crippen LogP contribution in [0.25, 0.3) is 11.1 Å². The zero-order valence-electron chi connectivity index (χ0n) is 10.1. The monoisotopic (exact) mass is 333 g/mol. The Hall–Kier alpha value is -1.36. The Morgan fingerprint density at radius 2 is 1.75 bits per heavy atom. The molecule has 0 bridgehead atoms. The lowest BCUT2D eigenvalue weighted by Crippen LogP contribution is -2.06. The number of nitrogens with zero attached hydrogens (tertiary/aromatic N) is 1. The van der Waals surface area contributed by atoms with Gasteiger partial charge in [-0.05, 0) is 24.3 Å². The fraction of sp³-hybridized carbons (Fsp3) is 0.0769. The number of halogens is 4. The van der Waals surface area contributed by atoms with E-state index >= 15 is 0 Å². The SMILES string of the molecule is COC(=O)c1ccc(-c2cc(Cl)c(Cl)cc2Cl)c(F)n1. The summed E-state index contributed by atoms with van der Waals surface area (Å²) in [6.45, 7) is 0. The first-order chi connectivity index (χ1) is 9.43. The van der Waals surface area contributed by atoms with Gasteiger partial charge >= 0.3 is 5.97 Å². The van der Waals surface area contributed by atoms with Gasteiger partial charge in [0.2, 0.25) is 5.95 Å². The predicted molar refractivity (Wildman–Crippen MR) is 76.0 cm³/mol. The Morgan fingerprint density at radius 3 is 2.35 bits per heavy atom. The van der Waals surface area contributed by atoms with E-state index in [0.717, 1.165) is 0 Å². The normalized spacial score (nSPS) is 10.4. The molecule has 0 unspecified atom stereocenters. The van der Waals surface area contributed by atoms with Crippen molar-refractivity contribution in [1.82, 2.24) is 4.98 Å². The molecule has 0 aliphatic rings. The van der Waals surface area contributed by atoms with Gasteiger partial charge in [0, 0.05) is 11.1 Å². The number of carbonyl (C=O) groups is 1. The fourth-order valence-corrected chi connectivity index (χ4v) is 2.23. The summed E-state index contributed by atoms with van der Waals surface area (Å²) >= 11 is 17.7.